The van der Waals surface area contributed by atoms with Crippen molar-refractivity contribution in [2.45, 2.75) is 6.18 Å². The number of nitrogens with zero attached hydrogens (tertiary/aromatic N) is 2. The van der Waals surface area contributed by atoms with Gasteiger partial charge in [-0.2, -0.15) is 18.3 Å². The average Bonchev–Trinajstić information content (AvgIpc) is 2.55. The summed E-state index contributed by atoms with van der Waals surface area (Å²) in [5.41, 5.74) is 2.25. The molecule has 0 aliphatic rings. The second-order valence-electron chi connectivity index (χ2n) is 4.73. The maximum Gasteiger partial charge on any atom is 0.416 e. The van der Waals surface area contributed by atoms with E-state index in [1.165, 1.54) is 18.3 Å². The van der Waals surface area contributed by atoms with Crippen molar-refractivity contribution in [1.82, 2.24) is 10.2 Å². The second kappa shape index (κ2) is 5.60. The van der Waals surface area contributed by atoms with Crippen molar-refractivity contribution in [2.75, 3.05) is 0 Å². The van der Waals surface area contributed by atoms with Gasteiger partial charge in [0.25, 0.3) is 0 Å². The summed E-state index contributed by atoms with van der Waals surface area (Å²) in [6.45, 7) is 0. The van der Waals surface area contributed by atoms with Gasteiger partial charge >= 0.3 is 6.18 Å². The smallest absolute Gasteiger partial charge is 0.166 e. The van der Waals surface area contributed by atoms with E-state index < -0.39 is 11.7 Å². The normalized spacial score (nSPS) is 11.4. The van der Waals surface area contributed by atoms with E-state index in [1.807, 2.05) is 30.3 Å². The molecular weight excluding hydrogens is 289 g/mol. The predicted octanol–water partition coefficient (Wildman–Crippen LogP) is 4.83. The highest BCUT2D eigenvalue weighted by atomic mass is 19.4. The maximum atomic E-state index is 12.6. The molecule has 0 unspecified atom stereocenters. The summed E-state index contributed by atoms with van der Waals surface area (Å²) in [4.78, 5) is 0. The Labute approximate surface area is 125 Å². The molecule has 0 amide bonds. The molecule has 0 bridgehead atoms. The lowest BCUT2D eigenvalue weighted by Crippen LogP contribution is -2.04. The van der Waals surface area contributed by atoms with E-state index in [0.717, 1.165) is 23.3 Å². The van der Waals surface area contributed by atoms with Crippen LogP contribution < -0.4 is 0 Å². The molecule has 110 valence electrons. The highest BCUT2D eigenvalue weighted by Crippen LogP contribution is 2.33. The van der Waals surface area contributed by atoms with Crippen LogP contribution in [0.4, 0.5) is 13.2 Å². The van der Waals surface area contributed by atoms with Crippen molar-refractivity contribution in [3.8, 4) is 22.4 Å². The Balaban J connectivity index is 2.06. The van der Waals surface area contributed by atoms with E-state index in [0.29, 0.717) is 11.3 Å². The fraction of sp³-hybridized carbons (Fsp3) is 0.0588. The zero-order valence-corrected chi connectivity index (χ0v) is 11.4. The van der Waals surface area contributed by atoms with Gasteiger partial charge in [-0.1, -0.05) is 42.5 Å². The standard InChI is InChI=1S/C17H11F3N2/c18-17(19,20)14-8-6-12(7-9-14)15-10-11-21-22-16(15)13-4-2-1-3-5-13/h1-11H. The van der Waals surface area contributed by atoms with Gasteiger partial charge in [-0.3, -0.25) is 0 Å². The molecule has 1 heterocycles. The van der Waals surface area contributed by atoms with E-state index in [4.69, 9.17) is 0 Å². The molecular formula is C17H11F3N2. The molecule has 0 fully saturated rings. The predicted molar refractivity (Wildman–Crippen MR) is 77.9 cm³/mol. The van der Waals surface area contributed by atoms with E-state index in [-0.39, 0.29) is 0 Å². The zero-order chi connectivity index (χ0) is 15.6. The van der Waals surface area contributed by atoms with Crippen LogP contribution in [0.2, 0.25) is 0 Å². The van der Waals surface area contributed by atoms with Gasteiger partial charge in [0.15, 0.2) is 0 Å². The summed E-state index contributed by atoms with van der Waals surface area (Å²) < 4.78 is 37.9. The summed E-state index contributed by atoms with van der Waals surface area (Å²) in [7, 11) is 0. The van der Waals surface area contributed by atoms with E-state index >= 15 is 0 Å². The molecule has 0 aliphatic carbocycles. The van der Waals surface area contributed by atoms with Gasteiger partial charge < -0.3 is 0 Å². The first-order valence-corrected chi connectivity index (χ1v) is 6.60. The maximum absolute atomic E-state index is 12.6. The summed E-state index contributed by atoms with van der Waals surface area (Å²) in [6, 6.07) is 16.2. The van der Waals surface area contributed by atoms with Gasteiger partial charge in [0.05, 0.1) is 11.8 Å². The van der Waals surface area contributed by atoms with Crippen LogP contribution in [0.1, 0.15) is 5.56 Å². The summed E-state index contributed by atoms with van der Waals surface area (Å²) in [5, 5.41) is 8.00. The molecule has 0 atom stereocenters. The first-order chi connectivity index (χ1) is 10.6. The second-order valence-corrected chi connectivity index (χ2v) is 4.73. The van der Waals surface area contributed by atoms with Gasteiger partial charge in [0, 0.05) is 11.1 Å². The lowest BCUT2D eigenvalue weighted by Gasteiger charge is -2.10. The zero-order valence-electron chi connectivity index (χ0n) is 11.4. The van der Waals surface area contributed by atoms with Crippen molar-refractivity contribution in [3.63, 3.8) is 0 Å². The summed E-state index contributed by atoms with van der Waals surface area (Å²) in [6.07, 6.45) is -2.81. The molecule has 0 saturated heterocycles. The summed E-state index contributed by atoms with van der Waals surface area (Å²) in [5.74, 6) is 0. The topological polar surface area (TPSA) is 25.8 Å². The monoisotopic (exact) mass is 300 g/mol. The lowest BCUT2D eigenvalue weighted by atomic mass is 9.99. The third kappa shape index (κ3) is 2.83. The Bertz CT molecular complexity index is 766. The molecule has 1 aromatic heterocycles. The van der Waals surface area contributed by atoms with Crippen LogP contribution >= 0.6 is 0 Å². The minimum Gasteiger partial charge on any atom is -0.166 e. The molecule has 2 aromatic carbocycles. The Morgan fingerprint density at radius 3 is 2.05 bits per heavy atom. The molecule has 3 aromatic rings. The third-order valence-corrected chi connectivity index (χ3v) is 3.29. The Morgan fingerprint density at radius 1 is 0.727 bits per heavy atom. The molecule has 0 aliphatic heterocycles. The molecule has 0 saturated carbocycles. The quantitative estimate of drug-likeness (QED) is 0.677. The van der Waals surface area contributed by atoms with Crippen molar-refractivity contribution in [1.29, 1.82) is 0 Å². The molecule has 22 heavy (non-hydrogen) atoms. The highest BCUT2D eigenvalue weighted by Gasteiger charge is 2.30. The molecule has 5 heteroatoms. The number of rotatable bonds is 2. The van der Waals surface area contributed by atoms with Gasteiger partial charge in [-0.05, 0) is 23.8 Å². The fourth-order valence-electron chi connectivity index (χ4n) is 2.21. The Hall–Kier alpha value is -2.69. The fourth-order valence-corrected chi connectivity index (χ4v) is 2.21. The SMILES string of the molecule is FC(F)(F)c1ccc(-c2ccnnc2-c2ccccc2)cc1. The number of halogens is 3. The van der Waals surface area contributed by atoms with Crippen LogP contribution in [-0.4, -0.2) is 10.2 Å². The molecule has 0 radical (unpaired) electrons. The van der Waals surface area contributed by atoms with Crippen LogP contribution in [0.3, 0.4) is 0 Å². The number of hydrogen-bond acceptors (Lipinski definition) is 2. The minimum absolute atomic E-state index is 0.642. The lowest BCUT2D eigenvalue weighted by molar-refractivity contribution is -0.137. The molecule has 0 N–H and O–H groups in total. The molecule has 0 spiro atoms. The van der Waals surface area contributed by atoms with Crippen molar-refractivity contribution in [3.05, 3.63) is 72.4 Å². The largest absolute Gasteiger partial charge is 0.416 e. The van der Waals surface area contributed by atoms with Crippen LogP contribution in [0, 0.1) is 0 Å². The van der Waals surface area contributed by atoms with Crippen molar-refractivity contribution < 1.29 is 13.2 Å². The first-order valence-electron chi connectivity index (χ1n) is 6.60. The highest BCUT2D eigenvalue weighted by molar-refractivity contribution is 5.80. The van der Waals surface area contributed by atoms with E-state index in [9.17, 15) is 13.2 Å². The van der Waals surface area contributed by atoms with Crippen LogP contribution in [0.15, 0.2) is 66.9 Å². The molecule has 2 nitrogen and oxygen atoms in total. The third-order valence-electron chi connectivity index (χ3n) is 3.29. The number of benzene rings is 2. The van der Waals surface area contributed by atoms with Gasteiger partial charge in [-0.25, -0.2) is 0 Å². The first kappa shape index (κ1) is 14.3. The van der Waals surface area contributed by atoms with Gasteiger partial charge in [0.2, 0.25) is 0 Å². The van der Waals surface area contributed by atoms with E-state index in [1.54, 1.807) is 6.07 Å². The number of hydrogen-bond donors (Lipinski definition) is 0. The van der Waals surface area contributed by atoms with Crippen molar-refractivity contribution in [2.24, 2.45) is 0 Å². The van der Waals surface area contributed by atoms with Gasteiger partial charge in [0.1, 0.15) is 5.69 Å². The Kier molecular flexibility index (Phi) is 3.63. The van der Waals surface area contributed by atoms with Crippen molar-refractivity contribution >= 4 is 0 Å². The van der Waals surface area contributed by atoms with Crippen LogP contribution in [0.5, 0.6) is 0 Å². The van der Waals surface area contributed by atoms with E-state index in [2.05, 4.69) is 10.2 Å². The van der Waals surface area contributed by atoms with Crippen LogP contribution in [-0.2, 0) is 6.18 Å². The number of aromatic nitrogens is 2. The molecule has 3 rings (SSSR count). The number of alkyl halides is 3. The Morgan fingerprint density at radius 2 is 1.41 bits per heavy atom. The average molecular weight is 300 g/mol. The van der Waals surface area contributed by atoms with Gasteiger partial charge in [-0.15, -0.1) is 5.10 Å². The van der Waals surface area contributed by atoms with Crippen LogP contribution in [0.25, 0.3) is 22.4 Å². The minimum atomic E-state index is -4.34. The summed E-state index contributed by atoms with van der Waals surface area (Å²) >= 11 is 0.